The normalized spacial score (nSPS) is 18.2. The van der Waals surface area contributed by atoms with Crippen LogP contribution in [-0.4, -0.2) is 12.5 Å². The number of nitrogens with two attached hydrogens (primary N) is 1. The van der Waals surface area contributed by atoms with E-state index in [9.17, 15) is 0 Å². The van der Waals surface area contributed by atoms with Gasteiger partial charge >= 0.3 is 0 Å². The molecule has 0 heterocycles. The van der Waals surface area contributed by atoms with Crippen molar-refractivity contribution in [2.75, 3.05) is 17.7 Å². The van der Waals surface area contributed by atoms with Crippen molar-refractivity contribution in [1.82, 2.24) is 0 Å². The van der Waals surface area contributed by atoms with Gasteiger partial charge in [-0.15, -0.1) is 0 Å². The summed E-state index contributed by atoms with van der Waals surface area (Å²) in [6, 6.07) is 7.96. The Morgan fingerprint density at radius 1 is 1.24 bits per heavy atom. The van der Waals surface area contributed by atoms with Crippen molar-refractivity contribution >= 4 is 11.4 Å². The smallest absolute Gasteiger partial charge is 0.0409 e. The van der Waals surface area contributed by atoms with Crippen molar-refractivity contribution in [3.8, 4) is 0 Å². The van der Waals surface area contributed by atoms with Gasteiger partial charge in [0.05, 0.1) is 0 Å². The van der Waals surface area contributed by atoms with Gasteiger partial charge in [-0.25, -0.2) is 0 Å². The van der Waals surface area contributed by atoms with Crippen molar-refractivity contribution in [3.63, 3.8) is 0 Å². The van der Waals surface area contributed by atoms with Crippen LogP contribution in [0.1, 0.15) is 13.3 Å². The molecule has 1 aromatic carbocycles. The Kier molecular flexibility index (Phi) is 4.35. The Bertz CT molecular complexity index is 420. The van der Waals surface area contributed by atoms with Gasteiger partial charge in [0.2, 0.25) is 0 Å². The topological polar surface area (TPSA) is 60.8 Å². The highest BCUT2D eigenvalue weighted by Gasteiger charge is 2.09. The second-order valence-electron chi connectivity index (χ2n) is 4.36. The molecule has 17 heavy (non-hydrogen) atoms. The number of likely N-dealkylation sites (N-methyl/N-ethyl adjacent to an activating group) is 1. The fraction of sp³-hybridized carbons (Fsp3) is 0.286. The summed E-state index contributed by atoms with van der Waals surface area (Å²) in [6.07, 6.45) is 7.85. The number of rotatable bonds is 2. The molecule has 1 atom stereocenters. The number of hydrogen-bond donors (Lipinski definition) is 1. The average Bonchev–Trinajstić information content (AvgIpc) is 2.29. The zero-order valence-corrected chi connectivity index (χ0v) is 10.4. The lowest BCUT2D eigenvalue weighted by Gasteiger charge is -2.24. The average molecular weight is 232 g/mol. The van der Waals surface area contributed by atoms with Gasteiger partial charge in [0.1, 0.15) is 0 Å². The summed E-state index contributed by atoms with van der Waals surface area (Å²) >= 11 is 0. The maximum Gasteiger partial charge on any atom is 0.0409 e. The molecule has 3 heteroatoms. The number of allylic oxidation sites excluding steroid dienone is 3. The van der Waals surface area contributed by atoms with Gasteiger partial charge in [-0.3, -0.25) is 0 Å². The molecule has 0 radical (unpaired) electrons. The van der Waals surface area contributed by atoms with Gasteiger partial charge in [-0.05, 0) is 42.7 Å². The molecule has 4 N–H and O–H groups in total. The molecule has 0 saturated heterocycles. The highest BCUT2D eigenvalue weighted by atomic mass is 16.0. The van der Waals surface area contributed by atoms with Crippen LogP contribution in [-0.2, 0) is 0 Å². The lowest BCUT2D eigenvalue weighted by atomic mass is 10.0. The van der Waals surface area contributed by atoms with E-state index in [1.54, 1.807) is 0 Å². The van der Waals surface area contributed by atoms with Gasteiger partial charge in [0, 0.05) is 24.1 Å². The number of nitrogens with zero attached hydrogens (tertiary/aromatic N) is 1. The molecule has 0 aliphatic heterocycles. The van der Waals surface area contributed by atoms with Crippen LogP contribution < -0.4 is 10.6 Å². The first-order valence-corrected chi connectivity index (χ1v) is 5.64. The lowest BCUT2D eigenvalue weighted by molar-refractivity contribution is 0.724. The first-order chi connectivity index (χ1) is 7.66. The molecule has 1 aliphatic rings. The molecule has 1 unspecified atom stereocenters. The quantitative estimate of drug-likeness (QED) is 0.796. The summed E-state index contributed by atoms with van der Waals surface area (Å²) in [5.41, 5.74) is 8.90. The first kappa shape index (κ1) is 13.3. The van der Waals surface area contributed by atoms with E-state index in [1.807, 2.05) is 24.3 Å². The monoisotopic (exact) mass is 232 g/mol. The Balaban J connectivity index is 0.00000144. The predicted octanol–water partition coefficient (Wildman–Crippen LogP) is 2.36. The second kappa shape index (κ2) is 5.55. The molecule has 2 rings (SSSR count). The summed E-state index contributed by atoms with van der Waals surface area (Å²) in [4.78, 5) is 2.19. The van der Waals surface area contributed by atoms with Gasteiger partial charge in [0.25, 0.3) is 0 Å². The van der Waals surface area contributed by atoms with E-state index in [-0.39, 0.29) is 5.48 Å². The maximum atomic E-state index is 5.68. The maximum absolute atomic E-state index is 5.68. The number of nitrogen functional groups attached to an aromatic ring is 1. The SMILES string of the molecule is CC1C=C(N(C)c2ccc(N)cc2)C=CC1.O. The fourth-order valence-electron chi connectivity index (χ4n) is 1.89. The standard InChI is InChI=1S/C14H18N2.H2O/c1-11-4-3-5-14(10-11)16(2)13-8-6-12(15)7-9-13;/h3,5-11H,4,15H2,1-2H3;1H2. The second-order valence-corrected chi connectivity index (χ2v) is 4.36. The van der Waals surface area contributed by atoms with E-state index in [0.29, 0.717) is 5.92 Å². The molecule has 0 saturated carbocycles. The highest BCUT2D eigenvalue weighted by molar-refractivity contribution is 5.58. The van der Waals surface area contributed by atoms with Crippen LogP contribution >= 0.6 is 0 Å². The van der Waals surface area contributed by atoms with Gasteiger partial charge < -0.3 is 16.1 Å². The molecule has 1 aromatic rings. The number of anilines is 2. The molecule has 0 amide bonds. The number of hydrogen-bond acceptors (Lipinski definition) is 2. The Morgan fingerprint density at radius 2 is 1.88 bits per heavy atom. The van der Waals surface area contributed by atoms with Crippen molar-refractivity contribution in [3.05, 3.63) is 48.2 Å². The van der Waals surface area contributed by atoms with E-state index in [2.05, 4.69) is 37.1 Å². The van der Waals surface area contributed by atoms with Crippen LogP contribution in [0.5, 0.6) is 0 Å². The highest BCUT2D eigenvalue weighted by Crippen LogP contribution is 2.24. The van der Waals surface area contributed by atoms with Crippen molar-refractivity contribution < 1.29 is 5.48 Å². The van der Waals surface area contributed by atoms with Gasteiger partial charge in [-0.1, -0.05) is 19.1 Å². The molecule has 0 fully saturated rings. The minimum Gasteiger partial charge on any atom is -0.412 e. The molecular formula is C14H20N2O. The van der Waals surface area contributed by atoms with Crippen LogP contribution in [0.15, 0.2) is 48.2 Å². The molecular weight excluding hydrogens is 212 g/mol. The van der Waals surface area contributed by atoms with Gasteiger partial charge in [-0.2, -0.15) is 0 Å². The van der Waals surface area contributed by atoms with Crippen molar-refractivity contribution in [2.24, 2.45) is 5.92 Å². The summed E-state index contributed by atoms with van der Waals surface area (Å²) in [5.74, 6) is 0.622. The zero-order chi connectivity index (χ0) is 11.5. The fourth-order valence-corrected chi connectivity index (χ4v) is 1.89. The van der Waals surface area contributed by atoms with Crippen LogP contribution in [0.4, 0.5) is 11.4 Å². The summed E-state index contributed by atoms with van der Waals surface area (Å²) in [7, 11) is 2.08. The van der Waals surface area contributed by atoms with E-state index >= 15 is 0 Å². The largest absolute Gasteiger partial charge is 0.412 e. The van der Waals surface area contributed by atoms with Crippen LogP contribution in [0.2, 0.25) is 0 Å². The zero-order valence-electron chi connectivity index (χ0n) is 10.4. The Morgan fingerprint density at radius 3 is 2.47 bits per heavy atom. The molecule has 1 aliphatic carbocycles. The lowest BCUT2D eigenvalue weighted by Crippen LogP contribution is -2.17. The van der Waals surface area contributed by atoms with E-state index in [0.717, 1.165) is 12.1 Å². The Hall–Kier alpha value is -1.74. The van der Waals surface area contributed by atoms with Crippen LogP contribution in [0.3, 0.4) is 0 Å². The summed E-state index contributed by atoms with van der Waals surface area (Å²) < 4.78 is 0. The van der Waals surface area contributed by atoms with E-state index in [4.69, 9.17) is 5.73 Å². The number of benzene rings is 1. The van der Waals surface area contributed by atoms with Crippen LogP contribution in [0.25, 0.3) is 0 Å². The Labute approximate surface area is 103 Å². The molecule has 92 valence electrons. The minimum absolute atomic E-state index is 0. The van der Waals surface area contributed by atoms with E-state index < -0.39 is 0 Å². The summed E-state index contributed by atoms with van der Waals surface area (Å²) in [6.45, 7) is 2.24. The summed E-state index contributed by atoms with van der Waals surface area (Å²) in [5, 5.41) is 0. The van der Waals surface area contributed by atoms with Crippen LogP contribution in [0, 0.1) is 5.92 Å². The molecule has 3 nitrogen and oxygen atoms in total. The third kappa shape index (κ3) is 3.11. The third-order valence-corrected chi connectivity index (χ3v) is 2.92. The third-order valence-electron chi connectivity index (χ3n) is 2.92. The first-order valence-electron chi connectivity index (χ1n) is 5.64. The minimum atomic E-state index is 0. The molecule has 0 aromatic heterocycles. The molecule has 0 bridgehead atoms. The van der Waals surface area contributed by atoms with E-state index in [1.165, 1.54) is 11.4 Å². The van der Waals surface area contributed by atoms with Gasteiger partial charge in [0.15, 0.2) is 0 Å². The van der Waals surface area contributed by atoms with Crippen molar-refractivity contribution in [2.45, 2.75) is 13.3 Å². The molecule has 0 spiro atoms. The van der Waals surface area contributed by atoms with Crippen molar-refractivity contribution in [1.29, 1.82) is 0 Å². The predicted molar refractivity (Wildman–Crippen MR) is 73.9 cm³/mol.